The van der Waals surface area contributed by atoms with E-state index in [2.05, 4.69) is 0 Å². The third kappa shape index (κ3) is 4.48. The van der Waals surface area contributed by atoms with Gasteiger partial charge in [-0.25, -0.2) is 4.79 Å². The molecule has 0 amide bonds. The highest BCUT2D eigenvalue weighted by molar-refractivity contribution is 5.99. The van der Waals surface area contributed by atoms with Gasteiger partial charge >= 0.3 is 5.97 Å². The molecule has 0 atom stereocenters. The van der Waals surface area contributed by atoms with Crippen LogP contribution in [0.1, 0.15) is 40.9 Å². The number of aryl methyl sites for hydroxylation is 2. The Labute approximate surface area is 159 Å². The number of benzene rings is 2. The van der Waals surface area contributed by atoms with Crippen LogP contribution in [-0.2, 0) is 16.0 Å². The first-order valence-corrected chi connectivity index (χ1v) is 8.95. The van der Waals surface area contributed by atoms with Crippen molar-refractivity contribution >= 4 is 11.8 Å². The van der Waals surface area contributed by atoms with Gasteiger partial charge in [-0.15, -0.1) is 0 Å². The van der Waals surface area contributed by atoms with Gasteiger partial charge in [-0.2, -0.15) is 0 Å². The van der Waals surface area contributed by atoms with Crippen molar-refractivity contribution in [1.82, 2.24) is 0 Å². The highest BCUT2D eigenvalue weighted by atomic mass is 16.6. The molecule has 0 aliphatic carbocycles. The molecule has 0 unspecified atom stereocenters. The van der Waals surface area contributed by atoms with Crippen molar-refractivity contribution in [3.63, 3.8) is 0 Å². The van der Waals surface area contributed by atoms with Gasteiger partial charge in [-0.05, 0) is 45.4 Å². The van der Waals surface area contributed by atoms with Crippen LogP contribution in [0.15, 0.2) is 36.4 Å². The summed E-state index contributed by atoms with van der Waals surface area (Å²) in [4.78, 5) is 24.3. The molecule has 5 nitrogen and oxygen atoms in total. The van der Waals surface area contributed by atoms with Gasteiger partial charge in [0.05, 0.1) is 0 Å². The van der Waals surface area contributed by atoms with Crippen LogP contribution in [0, 0.1) is 13.8 Å². The van der Waals surface area contributed by atoms with Gasteiger partial charge in [-0.3, -0.25) is 4.79 Å². The maximum atomic E-state index is 12.3. The summed E-state index contributed by atoms with van der Waals surface area (Å²) in [5, 5.41) is 0. The number of carbonyl (C=O) groups is 2. The van der Waals surface area contributed by atoms with E-state index < -0.39 is 5.97 Å². The zero-order chi connectivity index (χ0) is 19.6. The van der Waals surface area contributed by atoms with E-state index in [1.165, 1.54) is 0 Å². The van der Waals surface area contributed by atoms with E-state index in [-0.39, 0.29) is 24.6 Å². The highest BCUT2D eigenvalue weighted by Gasteiger charge is 2.32. The normalized spacial score (nSPS) is 14.2. The van der Waals surface area contributed by atoms with E-state index in [9.17, 15) is 9.59 Å². The smallest absolute Gasteiger partial charge is 0.344 e. The maximum Gasteiger partial charge on any atom is 0.344 e. The Morgan fingerprint density at radius 3 is 2.67 bits per heavy atom. The number of hydrogen-bond donors (Lipinski definition) is 0. The minimum atomic E-state index is -0.594. The summed E-state index contributed by atoms with van der Waals surface area (Å²) in [5.41, 5.74) is 3.17. The molecule has 0 radical (unpaired) electrons. The minimum Gasteiger partial charge on any atom is -0.483 e. The number of ketones is 1. The average molecular weight is 368 g/mol. The highest BCUT2D eigenvalue weighted by Crippen LogP contribution is 2.41. The fraction of sp³-hybridized carbons (Fsp3) is 0.364. The molecule has 1 heterocycles. The van der Waals surface area contributed by atoms with Crippen LogP contribution in [0.25, 0.3) is 0 Å². The second-order valence-corrected chi connectivity index (χ2v) is 7.47. The third-order valence-corrected chi connectivity index (χ3v) is 4.46. The molecule has 0 saturated heterocycles. The number of carbonyl (C=O) groups excluding carboxylic acids is 2. The van der Waals surface area contributed by atoms with Crippen molar-refractivity contribution in [3.05, 3.63) is 58.7 Å². The van der Waals surface area contributed by atoms with Crippen molar-refractivity contribution in [3.8, 4) is 11.5 Å². The number of esters is 1. The fourth-order valence-electron chi connectivity index (χ4n) is 3.14. The molecular formula is C22H24O5. The molecule has 5 heteroatoms. The minimum absolute atomic E-state index is 0.227. The molecule has 2 aromatic carbocycles. The number of Topliss-reactive ketones (excluding diaryl/α,β-unsaturated/α-hetero) is 1. The molecule has 1 aliphatic rings. The first-order chi connectivity index (χ1) is 12.7. The Morgan fingerprint density at radius 2 is 1.89 bits per heavy atom. The summed E-state index contributed by atoms with van der Waals surface area (Å²) >= 11 is 0. The Balaban J connectivity index is 1.55. The Hall–Kier alpha value is -2.82. The van der Waals surface area contributed by atoms with E-state index in [1.54, 1.807) is 12.1 Å². The van der Waals surface area contributed by atoms with Gasteiger partial charge in [0.2, 0.25) is 5.78 Å². The summed E-state index contributed by atoms with van der Waals surface area (Å²) in [5.74, 6) is 0.358. The fourth-order valence-corrected chi connectivity index (χ4v) is 3.14. The van der Waals surface area contributed by atoms with E-state index in [0.29, 0.717) is 17.1 Å². The standard InChI is InChI=1S/C22H24O5/c1-14-8-9-15(2)17(10-14)18(23)12-26-20(24)13-25-19-7-5-6-16-11-22(3,4)27-21(16)19/h5-10H,11-13H2,1-4H3. The Bertz CT molecular complexity index is 882. The molecule has 0 fully saturated rings. The Kier molecular flexibility index (Phi) is 5.22. The van der Waals surface area contributed by atoms with E-state index in [1.807, 2.05) is 52.0 Å². The molecule has 0 saturated carbocycles. The quantitative estimate of drug-likeness (QED) is 0.573. The number of fused-ring (bicyclic) bond motifs is 1. The largest absolute Gasteiger partial charge is 0.483 e. The average Bonchev–Trinajstić information content (AvgIpc) is 2.94. The van der Waals surface area contributed by atoms with Crippen LogP contribution in [0.5, 0.6) is 11.5 Å². The number of ether oxygens (including phenoxy) is 3. The SMILES string of the molecule is Cc1ccc(C)c(C(=O)COC(=O)COc2cccc3c2OC(C)(C)C3)c1. The molecule has 0 aromatic heterocycles. The van der Waals surface area contributed by atoms with Crippen LogP contribution in [-0.4, -0.2) is 30.6 Å². The summed E-state index contributed by atoms with van der Waals surface area (Å²) < 4.78 is 16.6. The van der Waals surface area contributed by atoms with Crippen molar-refractivity contribution in [2.45, 2.75) is 39.7 Å². The first kappa shape index (κ1) is 19.0. The third-order valence-electron chi connectivity index (χ3n) is 4.46. The van der Waals surface area contributed by atoms with Crippen molar-refractivity contribution < 1.29 is 23.8 Å². The van der Waals surface area contributed by atoms with E-state index >= 15 is 0 Å². The van der Waals surface area contributed by atoms with Gasteiger partial charge in [0.25, 0.3) is 0 Å². The van der Waals surface area contributed by atoms with Gasteiger partial charge in [0, 0.05) is 17.5 Å². The van der Waals surface area contributed by atoms with E-state index in [4.69, 9.17) is 14.2 Å². The molecule has 142 valence electrons. The molecule has 1 aliphatic heterocycles. The van der Waals surface area contributed by atoms with Crippen LogP contribution < -0.4 is 9.47 Å². The monoisotopic (exact) mass is 368 g/mol. The molecule has 2 aromatic rings. The zero-order valence-corrected chi connectivity index (χ0v) is 16.1. The number of rotatable bonds is 6. The van der Waals surface area contributed by atoms with Gasteiger partial charge in [0.15, 0.2) is 24.7 Å². The molecular weight excluding hydrogens is 344 g/mol. The Morgan fingerprint density at radius 1 is 1.11 bits per heavy atom. The predicted molar refractivity (Wildman–Crippen MR) is 102 cm³/mol. The second-order valence-electron chi connectivity index (χ2n) is 7.47. The molecule has 0 N–H and O–H groups in total. The van der Waals surface area contributed by atoms with Gasteiger partial charge in [-0.1, -0.05) is 29.8 Å². The van der Waals surface area contributed by atoms with Crippen molar-refractivity contribution in [2.24, 2.45) is 0 Å². The lowest BCUT2D eigenvalue weighted by Crippen LogP contribution is -2.25. The lowest BCUT2D eigenvalue weighted by Gasteiger charge is -2.18. The van der Waals surface area contributed by atoms with Gasteiger partial charge < -0.3 is 14.2 Å². The topological polar surface area (TPSA) is 61.8 Å². The van der Waals surface area contributed by atoms with Gasteiger partial charge in [0.1, 0.15) is 5.60 Å². The van der Waals surface area contributed by atoms with Crippen LogP contribution in [0.3, 0.4) is 0 Å². The van der Waals surface area contributed by atoms with E-state index in [0.717, 1.165) is 23.1 Å². The lowest BCUT2D eigenvalue weighted by molar-refractivity contribution is -0.144. The number of hydrogen-bond acceptors (Lipinski definition) is 5. The molecule has 27 heavy (non-hydrogen) atoms. The maximum absolute atomic E-state index is 12.3. The summed E-state index contributed by atoms with van der Waals surface area (Å²) in [6.07, 6.45) is 0.786. The summed E-state index contributed by atoms with van der Waals surface area (Å²) in [6.45, 7) is 7.20. The van der Waals surface area contributed by atoms with Crippen molar-refractivity contribution in [2.75, 3.05) is 13.2 Å². The van der Waals surface area contributed by atoms with Crippen LogP contribution in [0.2, 0.25) is 0 Å². The van der Waals surface area contributed by atoms with Crippen LogP contribution in [0.4, 0.5) is 0 Å². The molecule has 0 bridgehead atoms. The summed E-state index contributed by atoms with van der Waals surface area (Å²) in [6, 6.07) is 11.2. The second kappa shape index (κ2) is 7.43. The van der Waals surface area contributed by atoms with Crippen molar-refractivity contribution in [1.29, 1.82) is 0 Å². The predicted octanol–water partition coefficient (Wildman–Crippen LogP) is 3.82. The first-order valence-electron chi connectivity index (χ1n) is 8.95. The molecule has 3 rings (SSSR count). The zero-order valence-electron chi connectivity index (χ0n) is 16.1. The summed E-state index contributed by atoms with van der Waals surface area (Å²) in [7, 11) is 0. The molecule has 0 spiro atoms. The van der Waals surface area contributed by atoms with Crippen LogP contribution >= 0.6 is 0 Å². The lowest BCUT2D eigenvalue weighted by atomic mass is 10.0. The number of para-hydroxylation sites is 1.